The van der Waals surface area contributed by atoms with Crippen molar-refractivity contribution >= 4 is 16.3 Å². The van der Waals surface area contributed by atoms with Crippen LogP contribution in [-0.4, -0.2) is 63.8 Å². The summed E-state index contributed by atoms with van der Waals surface area (Å²) in [7, 11) is 1.67. The number of aromatic nitrogens is 3. The van der Waals surface area contributed by atoms with Gasteiger partial charge in [0, 0.05) is 32.4 Å². The van der Waals surface area contributed by atoms with Gasteiger partial charge >= 0.3 is 0 Å². The Balaban J connectivity index is 1.53. The summed E-state index contributed by atoms with van der Waals surface area (Å²) in [4.78, 5) is 8.47. The smallest absolute Gasteiger partial charge is 0.230 e. The number of rotatable bonds is 5. The fraction of sp³-hybridized carbons (Fsp3) is 0.524. The second kappa shape index (κ2) is 7.81. The van der Waals surface area contributed by atoms with Gasteiger partial charge in [-0.25, -0.2) is 4.98 Å². The first-order valence-electron chi connectivity index (χ1n) is 10.4. The highest BCUT2D eigenvalue weighted by Crippen LogP contribution is 2.43. The molecular formula is C21H26N4O4S. The minimum atomic E-state index is -0.445. The maximum Gasteiger partial charge on any atom is 0.230 e. The number of nitrogens with zero attached hydrogens (tertiary/aromatic N) is 4. The van der Waals surface area contributed by atoms with Crippen LogP contribution < -0.4 is 4.74 Å². The molecular weight excluding hydrogens is 404 g/mol. The number of thiazole rings is 1. The maximum absolute atomic E-state index is 11.1. The lowest BCUT2D eigenvalue weighted by Crippen LogP contribution is -2.46. The molecule has 0 unspecified atom stereocenters. The Labute approximate surface area is 179 Å². The van der Waals surface area contributed by atoms with E-state index in [9.17, 15) is 5.11 Å². The van der Waals surface area contributed by atoms with Crippen molar-refractivity contribution in [2.24, 2.45) is 0 Å². The van der Waals surface area contributed by atoms with Gasteiger partial charge in [0.05, 0.1) is 31.2 Å². The Hall–Kier alpha value is -2.20. The summed E-state index contributed by atoms with van der Waals surface area (Å²) in [6, 6.07) is 7.90. The maximum atomic E-state index is 11.1. The summed E-state index contributed by atoms with van der Waals surface area (Å²) in [6.45, 7) is 4.93. The first-order chi connectivity index (χ1) is 14.6. The lowest BCUT2D eigenvalue weighted by Gasteiger charge is -2.41. The zero-order valence-corrected chi connectivity index (χ0v) is 18.0. The van der Waals surface area contributed by atoms with Gasteiger partial charge in [-0.1, -0.05) is 30.4 Å². The highest BCUT2D eigenvalue weighted by atomic mass is 32.1. The Morgan fingerprint density at radius 3 is 2.70 bits per heavy atom. The molecule has 1 atom stereocenters. The molecule has 30 heavy (non-hydrogen) atoms. The molecule has 2 fully saturated rings. The Bertz CT molecular complexity index is 1030. The van der Waals surface area contributed by atoms with E-state index in [0.717, 1.165) is 54.4 Å². The summed E-state index contributed by atoms with van der Waals surface area (Å²) < 4.78 is 18.8. The van der Waals surface area contributed by atoms with E-state index in [2.05, 4.69) is 21.0 Å². The average Bonchev–Trinajstić information content (AvgIpc) is 3.47. The molecule has 0 radical (unpaired) electrons. The number of benzene rings is 1. The lowest BCUT2D eigenvalue weighted by molar-refractivity contribution is -0.187. The zero-order valence-electron chi connectivity index (χ0n) is 17.2. The molecule has 2 saturated heterocycles. The Kier molecular flexibility index (Phi) is 5.14. The molecule has 8 nitrogen and oxygen atoms in total. The number of ether oxygens (including phenoxy) is 3. The predicted molar refractivity (Wildman–Crippen MR) is 112 cm³/mol. The molecule has 0 saturated carbocycles. The molecule has 160 valence electrons. The highest BCUT2D eigenvalue weighted by Gasteiger charge is 2.42. The van der Waals surface area contributed by atoms with Gasteiger partial charge in [-0.3, -0.25) is 4.90 Å². The van der Waals surface area contributed by atoms with Crippen molar-refractivity contribution in [1.82, 2.24) is 19.5 Å². The van der Waals surface area contributed by atoms with Crippen LogP contribution in [-0.2, 0) is 15.9 Å². The molecule has 9 heteroatoms. The van der Waals surface area contributed by atoms with Gasteiger partial charge in [0.25, 0.3) is 0 Å². The van der Waals surface area contributed by atoms with Crippen LogP contribution in [0.5, 0.6) is 11.6 Å². The molecule has 2 aliphatic heterocycles. The second-order valence-electron chi connectivity index (χ2n) is 7.69. The number of hydrogen-bond acceptors (Lipinski definition) is 8. The standard InChI is InChI=1S/C21H26N4O4S/c1-3-16-22-20-25(23-16)19(26)18(30-20)17(14-5-4-6-15(13-14)27-2)24-9-7-21(8-10-24)28-11-12-29-21/h4-6,13,17,26H,3,7-12H2,1-2H3/t17-/m1/s1. The number of likely N-dealkylation sites (tertiary alicyclic amines) is 1. The van der Waals surface area contributed by atoms with E-state index in [1.165, 1.54) is 11.3 Å². The summed E-state index contributed by atoms with van der Waals surface area (Å²) in [6.07, 6.45) is 2.33. The minimum absolute atomic E-state index is 0.127. The number of hydrogen-bond donors (Lipinski definition) is 1. The van der Waals surface area contributed by atoms with E-state index < -0.39 is 5.79 Å². The first kappa shape index (κ1) is 19.7. The second-order valence-corrected chi connectivity index (χ2v) is 8.70. The van der Waals surface area contributed by atoms with Crippen molar-refractivity contribution in [3.63, 3.8) is 0 Å². The molecule has 1 N–H and O–H groups in total. The van der Waals surface area contributed by atoms with Gasteiger partial charge in [0.2, 0.25) is 10.8 Å². The van der Waals surface area contributed by atoms with Crippen LogP contribution in [0.3, 0.4) is 0 Å². The van der Waals surface area contributed by atoms with E-state index in [4.69, 9.17) is 14.2 Å². The normalized spacial score (nSPS) is 20.2. The van der Waals surface area contributed by atoms with Gasteiger partial charge in [-0.05, 0) is 17.7 Å². The largest absolute Gasteiger partial charge is 0.497 e. The van der Waals surface area contributed by atoms with Crippen LogP contribution in [0.2, 0.25) is 0 Å². The van der Waals surface area contributed by atoms with Crippen molar-refractivity contribution in [3.8, 4) is 11.6 Å². The zero-order chi connectivity index (χ0) is 20.7. The van der Waals surface area contributed by atoms with Crippen molar-refractivity contribution in [2.75, 3.05) is 33.4 Å². The summed E-state index contributed by atoms with van der Waals surface area (Å²) in [5.74, 6) is 1.24. The molecule has 4 heterocycles. The first-order valence-corrected chi connectivity index (χ1v) is 11.2. The van der Waals surface area contributed by atoms with Crippen LogP contribution >= 0.6 is 11.3 Å². The minimum Gasteiger partial charge on any atom is -0.497 e. The fourth-order valence-electron chi connectivity index (χ4n) is 4.37. The molecule has 2 aliphatic rings. The van der Waals surface area contributed by atoms with Crippen LogP contribution in [0.1, 0.15) is 42.1 Å². The number of piperidine rings is 1. The topological polar surface area (TPSA) is 81.4 Å². The van der Waals surface area contributed by atoms with Gasteiger partial charge in [0.15, 0.2) is 11.6 Å². The number of methoxy groups -OCH3 is 1. The summed E-state index contributed by atoms with van der Waals surface area (Å²) in [5, 5.41) is 15.5. The van der Waals surface area contributed by atoms with Crippen molar-refractivity contribution < 1.29 is 19.3 Å². The monoisotopic (exact) mass is 430 g/mol. The number of aryl methyl sites for hydroxylation is 1. The third-order valence-electron chi connectivity index (χ3n) is 5.96. The third kappa shape index (κ3) is 3.35. The molecule has 5 rings (SSSR count). The average molecular weight is 431 g/mol. The molecule has 0 bridgehead atoms. The molecule has 2 aromatic heterocycles. The molecule has 1 spiro atoms. The van der Waals surface area contributed by atoms with Gasteiger partial charge in [0.1, 0.15) is 5.75 Å². The van der Waals surface area contributed by atoms with E-state index >= 15 is 0 Å². The molecule has 0 amide bonds. The van der Waals surface area contributed by atoms with Gasteiger partial charge in [-0.2, -0.15) is 4.52 Å². The summed E-state index contributed by atoms with van der Waals surface area (Å²) >= 11 is 1.49. The van der Waals surface area contributed by atoms with Gasteiger partial charge in [-0.15, -0.1) is 5.10 Å². The van der Waals surface area contributed by atoms with Crippen LogP contribution in [0.4, 0.5) is 0 Å². The molecule has 1 aromatic carbocycles. The predicted octanol–water partition coefficient (Wildman–Crippen LogP) is 3.00. The Morgan fingerprint density at radius 2 is 2.03 bits per heavy atom. The Morgan fingerprint density at radius 1 is 1.27 bits per heavy atom. The van der Waals surface area contributed by atoms with Gasteiger partial charge < -0.3 is 19.3 Å². The van der Waals surface area contributed by atoms with E-state index in [0.29, 0.717) is 18.2 Å². The SMILES string of the molecule is CCc1nc2sc([C@@H](c3cccc(OC)c3)N3CCC4(CC3)OCCO4)c(O)n2n1. The number of aromatic hydroxyl groups is 1. The fourth-order valence-corrected chi connectivity index (χ4v) is 5.50. The lowest BCUT2D eigenvalue weighted by atomic mass is 9.97. The van der Waals surface area contributed by atoms with Crippen molar-refractivity contribution in [1.29, 1.82) is 0 Å². The van der Waals surface area contributed by atoms with Crippen LogP contribution in [0, 0.1) is 0 Å². The number of fused-ring (bicyclic) bond motifs is 1. The quantitative estimate of drug-likeness (QED) is 0.666. The molecule has 3 aromatic rings. The van der Waals surface area contributed by atoms with E-state index in [-0.39, 0.29) is 11.9 Å². The summed E-state index contributed by atoms with van der Waals surface area (Å²) in [5.41, 5.74) is 1.06. The molecule has 0 aliphatic carbocycles. The van der Waals surface area contributed by atoms with E-state index in [1.54, 1.807) is 11.6 Å². The van der Waals surface area contributed by atoms with E-state index in [1.807, 2.05) is 25.1 Å². The third-order valence-corrected chi connectivity index (χ3v) is 7.03. The van der Waals surface area contributed by atoms with Crippen molar-refractivity contribution in [3.05, 3.63) is 40.5 Å². The van der Waals surface area contributed by atoms with Crippen molar-refractivity contribution in [2.45, 2.75) is 38.0 Å². The highest BCUT2D eigenvalue weighted by molar-refractivity contribution is 7.17. The van der Waals surface area contributed by atoms with Crippen LogP contribution in [0.25, 0.3) is 4.96 Å². The van der Waals surface area contributed by atoms with Crippen LogP contribution in [0.15, 0.2) is 24.3 Å².